The smallest absolute Gasteiger partial charge is 0.475 e. The highest BCUT2D eigenvalue weighted by Crippen LogP contribution is 2.34. The molecule has 2 fully saturated rings. The third-order valence-corrected chi connectivity index (χ3v) is 5.72. The van der Waals surface area contributed by atoms with Crippen LogP contribution in [0.4, 0.5) is 32.2 Å². The van der Waals surface area contributed by atoms with Gasteiger partial charge in [0.25, 0.3) is 0 Å². The highest BCUT2D eigenvalue weighted by Gasteiger charge is 2.42. The van der Waals surface area contributed by atoms with Gasteiger partial charge in [0.05, 0.1) is 12.3 Å². The quantitative estimate of drug-likeness (QED) is 0.459. The lowest BCUT2D eigenvalue weighted by Crippen LogP contribution is -2.52. The number of amides is 1. The van der Waals surface area contributed by atoms with Gasteiger partial charge in [-0.3, -0.25) is 19.7 Å². The fraction of sp³-hybridized carbons (Fsp3) is 0.478. The summed E-state index contributed by atoms with van der Waals surface area (Å²) < 4.78 is 69.4. The van der Waals surface area contributed by atoms with Gasteiger partial charge in [-0.05, 0) is 24.5 Å². The van der Waals surface area contributed by atoms with Crippen LogP contribution in [0.5, 0.6) is 0 Å². The molecule has 0 spiro atoms. The van der Waals surface area contributed by atoms with E-state index in [1.165, 1.54) is 5.56 Å². The Kier molecular flexibility index (Phi) is 11.7. The number of fused-ring (bicyclic) bond motifs is 1. The van der Waals surface area contributed by atoms with Crippen LogP contribution in [0.2, 0.25) is 0 Å². The molecular formula is C23H25F6N5O6. The van der Waals surface area contributed by atoms with Gasteiger partial charge < -0.3 is 20.3 Å². The Balaban J connectivity index is 0.000000333. The Morgan fingerprint density at radius 1 is 0.975 bits per heavy atom. The maximum Gasteiger partial charge on any atom is 0.490 e. The largest absolute Gasteiger partial charge is 0.490 e. The third-order valence-electron chi connectivity index (χ3n) is 5.72. The summed E-state index contributed by atoms with van der Waals surface area (Å²) >= 11 is 0. The predicted octanol–water partition coefficient (Wildman–Crippen LogP) is 3.00. The molecule has 4 heterocycles. The predicted molar refractivity (Wildman–Crippen MR) is 124 cm³/mol. The lowest BCUT2D eigenvalue weighted by atomic mass is 9.79. The van der Waals surface area contributed by atoms with Crippen LogP contribution in [0.1, 0.15) is 18.4 Å². The van der Waals surface area contributed by atoms with Crippen molar-refractivity contribution in [3.8, 4) is 0 Å². The summed E-state index contributed by atoms with van der Waals surface area (Å²) in [5.74, 6) is -4.85. The van der Waals surface area contributed by atoms with E-state index < -0.39 is 24.3 Å². The SMILES string of the molecule is O=C(Nc1cnccn1)[C@@H]1CCO[C@@H]2CCN(Cc3cccnc3)C[C@@H]21.O=C(O)C(F)(F)F.O=C(O)C(F)(F)F. The first-order valence-electron chi connectivity index (χ1n) is 11.6. The molecule has 40 heavy (non-hydrogen) atoms. The van der Waals surface area contributed by atoms with Crippen molar-refractivity contribution in [2.24, 2.45) is 11.8 Å². The maximum atomic E-state index is 12.8. The standard InChI is InChI=1S/C19H23N5O2.2C2HF3O2/c25-19(23-18-11-21-6-7-22-18)15-4-9-26-17-3-8-24(13-16(15)17)12-14-2-1-5-20-10-14;2*3-2(4,5)1(6)7/h1-2,5-7,10-11,15-17H,3-4,8-9,12-13H2,(H,22,23,25);2*(H,6,7)/t15-,16-,17-;;/m1../s1. The minimum absolute atomic E-state index is 0.0204. The summed E-state index contributed by atoms with van der Waals surface area (Å²) in [6.07, 6.45) is 0.139. The van der Waals surface area contributed by atoms with Crippen LogP contribution >= 0.6 is 0 Å². The molecular weight excluding hydrogens is 556 g/mol. The van der Waals surface area contributed by atoms with Gasteiger partial charge in [0, 0.05) is 62.9 Å². The fourth-order valence-corrected chi connectivity index (χ4v) is 3.99. The van der Waals surface area contributed by atoms with Crippen LogP contribution in [0, 0.1) is 11.8 Å². The first-order chi connectivity index (χ1) is 18.7. The zero-order chi connectivity index (χ0) is 29.9. The van der Waals surface area contributed by atoms with Crippen molar-refractivity contribution in [3.05, 3.63) is 48.7 Å². The highest BCUT2D eigenvalue weighted by atomic mass is 19.4. The van der Waals surface area contributed by atoms with E-state index >= 15 is 0 Å². The molecule has 4 rings (SSSR count). The summed E-state index contributed by atoms with van der Waals surface area (Å²) in [6, 6.07) is 4.05. The minimum atomic E-state index is -5.08. The summed E-state index contributed by atoms with van der Waals surface area (Å²) in [5, 5.41) is 17.2. The number of pyridine rings is 1. The number of hydrogen-bond acceptors (Lipinski definition) is 8. The van der Waals surface area contributed by atoms with Gasteiger partial charge in [-0.1, -0.05) is 6.07 Å². The number of alkyl halides is 6. The molecule has 0 aromatic carbocycles. The lowest BCUT2D eigenvalue weighted by molar-refractivity contribution is -0.193. The number of carboxylic acids is 2. The van der Waals surface area contributed by atoms with Gasteiger partial charge in [0.15, 0.2) is 5.82 Å². The topological polar surface area (TPSA) is 155 Å². The first-order valence-corrected chi connectivity index (χ1v) is 11.6. The van der Waals surface area contributed by atoms with Crippen molar-refractivity contribution >= 4 is 23.7 Å². The first kappa shape index (κ1) is 32.4. The van der Waals surface area contributed by atoms with Crippen LogP contribution in [0.25, 0.3) is 0 Å². The van der Waals surface area contributed by atoms with Gasteiger partial charge in [0.1, 0.15) is 0 Å². The Morgan fingerprint density at radius 2 is 1.60 bits per heavy atom. The molecule has 2 saturated heterocycles. The molecule has 220 valence electrons. The van der Waals surface area contributed by atoms with E-state index in [0.29, 0.717) is 12.4 Å². The Bertz CT molecular complexity index is 1080. The molecule has 2 aromatic rings. The summed E-state index contributed by atoms with van der Waals surface area (Å²) in [5.41, 5.74) is 1.20. The zero-order valence-corrected chi connectivity index (χ0v) is 20.6. The number of aromatic nitrogens is 3. The number of ether oxygens (including phenoxy) is 1. The number of nitrogens with zero attached hydrogens (tertiary/aromatic N) is 4. The van der Waals surface area contributed by atoms with Gasteiger partial charge in [0.2, 0.25) is 5.91 Å². The molecule has 0 saturated carbocycles. The second-order valence-electron chi connectivity index (χ2n) is 8.54. The van der Waals surface area contributed by atoms with E-state index in [1.807, 2.05) is 12.3 Å². The second-order valence-corrected chi connectivity index (χ2v) is 8.54. The molecule has 1 amide bonds. The summed E-state index contributed by atoms with van der Waals surface area (Å²) in [4.78, 5) is 45.4. The number of halogens is 6. The minimum Gasteiger partial charge on any atom is -0.475 e. The van der Waals surface area contributed by atoms with E-state index in [-0.39, 0.29) is 23.8 Å². The van der Waals surface area contributed by atoms with Crippen molar-refractivity contribution in [2.75, 3.05) is 25.0 Å². The van der Waals surface area contributed by atoms with Gasteiger partial charge in [-0.15, -0.1) is 0 Å². The molecule has 3 atom stereocenters. The van der Waals surface area contributed by atoms with Crippen molar-refractivity contribution in [2.45, 2.75) is 37.8 Å². The second kappa shape index (κ2) is 14.5. The number of carbonyl (C=O) groups excluding carboxylic acids is 1. The monoisotopic (exact) mass is 581 g/mol. The number of piperidine rings is 1. The molecule has 0 bridgehead atoms. The fourth-order valence-electron chi connectivity index (χ4n) is 3.99. The van der Waals surface area contributed by atoms with Crippen LogP contribution < -0.4 is 5.32 Å². The molecule has 0 unspecified atom stereocenters. The van der Waals surface area contributed by atoms with Crippen molar-refractivity contribution < 1.29 is 55.7 Å². The average molecular weight is 581 g/mol. The number of carbonyl (C=O) groups is 3. The van der Waals surface area contributed by atoms with Crippen molar-refractivity contribution in [1.82, 2.24) is 19.9 Å². The van der Waals surface area contributed by atoms with Crippen LogP contribution in [0.15, 0.2) is 43.1 Å². The molecule has 2 aromatic heterocycles. The summed E-state index contributed by atoms with van der Waals surface area (Å²) in [6.45, 7) is 3.34. The number of carboxylic acid groups (broad SMARTS) is 2. The Labute approximate surface area is 223 Å². The van der Waals surface area contributed by atoms with Gasteiger partial charge in [-0.25, -0.2) is 14.6 Å². The van der Waals surface area contributed by atoms with Crippen molar-refractivity contribution in [1.29, 1.82) is 0 Å². The summed E-state index contributed by atoms with van der Waals surface area (Å²) in [7, 11) is 0. The molecule has 0 aliphatic carbocycles. The van der Waals surface area contributed by atoms with E-state index in [4.69, 9.17) is 24.5 Å². The third kappa shape index (κ3) is 10.7. The van der Waals surface area contributed by atoms with E-state index in [2.05, 4.69) is 31.2 Å². The molecule has 3 N–H and O–H groups in total. The maximum absolute atomic E-state index is 12.8. The number of rotatable bonds is 4. The molecule has 2 aliphatic heterocycles. The Hall–Kier alpha value is -3.86. The van der Waals surface area contributed by atoms with Crippen LogP contribution in [-0.4, -0.2) is 86.1 Å². The van der Waals surface area contributed by atoms with E-state index in [0.717, 1.165) is 32.5 Å². The van der Waals surface area contributed by atoms with E-state index in [9.17, 15) is 31.1 Å². The molecule has 0 radical (unpaired) electrons. The Morgan fingerprint density at radius 3 is 2.12 bits per heavy atom. The van der Waals surface area contributed by atoms with E-state index in [1.54, 1.807) is 24.8 Å². The van der Waals surface area contributed by atoms with Crippen LogP contribution in [-0.2, 0) is 25.7 Å². The van der Waals surface area contributed by atoms with Crippen molar-refractivity contribution in [3.63, 3.8) is 0 Å². The zero-order valence-electron chi connectivity index (χ0n) is 20.6. The number of likely N-dealkylation sites (tertiary alicyclic amines) is 1. The number of nitrogens with one attached hydrogen (secondary N) is 1. The molecule has 17 heteroatoms. The normalized spacial score (nSPS) is 20.9. The highest BCUT2D eigenvalue weighted by molar-refractivity contribution is 5.91. The van der Waals surface area contributed by atoms with Gasteiger partial charge >= 0.3 is 24.3 Å². The molecule has 2 aliphatic rings. The molecule has 11 nitrogen and oxygen atoms in total. The van der Waals surface area contributed by atoms with Crippen LogP contribution in [0.3, 0.4) is 0 Å². The number of aliphatic carboxylic acids is 2. The lowest BCUT2D eigenvalue weighted by Gasteiger charge is -2.44. The average Bonchev–Trinajstić information content (AvgIpc) is 2.89. The number of anilines is 1. The van der Waals surface area contributed by atoms with Gasteiger partial charge in [-0.2, -0.15) is 26.3 Å². The number of hydrogen-bond donors (Lipinski definition) is 3.